The van der Waals surface area contributed by atoms with E-state index in [1.54, 1.807) is 0 Å². The summed E-state index contributed by atoms with van der Waals surface area (Å²) in [6.07, 6.45) is 1.49. The summed E-state index contributed by atoms with van der Waals surface area (Å²) in [5.74, 6) is -1.90. The quantitative estimate of drug-likeness (QED) is 0.729. The van der Waals surface area contributed by atoms with E-state index < -0.39 is 5.92 Å². The molecule has 0 aromatic heterocycles. The molecule has 13 heavy (non-hydrogen) atoms. The van der Waals surface area contributed by atoms with Gasteiger partial charge in [0.25, 0.3) is 0 Å². The van der Waals surface area contributed by atoms with E-state index in [1.807, 2.05) is 0 Å². The van der Waals surface area contributed by atoms with Crippen LogP contribution in [0.1, 0.15) is 39.5 Å². The summed E-state index contributed by atoms with van der Waals surface area (Å²) in [5.41, 5.74) is 5.87. The normalized spacial score (nSPS) is 29.5. The van der Waals surface area contributed by atoms with Crippen LogP contribution in [0.4, 0.5) is 8.78 Å². The minimum Gasteiger partial charge on any atom is -0.327 e. The Morgan fingerprint density at radius 3 is 2.46 bits per heavy atom. The summed E-state index contributed by atoms with van der Waals surface area (Å²) >= 11 is 0. The topological polar surface area (TPSA) is 26.0 Å². The van der Waals surface area contributed by atoms with Crippen molar-refractivity contribution in [1.82, 2.24) is 0 Å². The molecule has 1 saturated carbocycles. The van der Waals surface area contributed by atoms with Gasteiger partial charge in [-0.15, -0.1) is 0 Å². The third-order valence-electron chi connectivity index (χ3n) is 2.79. The predicted octanol–water partition coefficient (Wildman–Crippen LogP) is 2.80. The van der Waals surface area contributed by atoms with Crippen molar-refractivity contribution < 1.29 is 8.78 Å². The lowest BCUT2D eigenvalue weighted by Crippen LogP contribution is -2.30. The van der Waals surface area contributed by atoms with Gasteiger partial charge >= 0.3 is 0 Å². The van der Waals surface area contributed by atoms with Gasteiger partial charge in [0.1, 0.15) is 0 Å². The second kappa shape index (κ2) is 3.91. The Morgan fingerprint density at radius 2 is 2.08 bits per heavy atom. The molecule has 1 nitrogen and oxygen atoms in total. The van der Waals surface area contributed by atoms with Crippen molar-refractivity contribution in [3.63, 3.8) is 0 Å². The molecule has 1 rings (SSSR count). The van der Waals surface area contributed by atoms with Gasteiger partial charge in [0.2, 0.25) is 5.92 Å². The fourth-order valence-electron chi connectivity index (χ4n) is 2.09. The molecule has 0 aromatic carbocycles. The number of nitrogens with two attached hydrogens (primary N) is 1. The van der Waals surface area contributed by atoms with Crippen LogP contribution in [-0.2, 0) is 0 Å². The van der Waals surface area contributed by atoms with Crippen molar-refractivity contribution in [2.45, 2.75) is 51.5 Å². The SMILES string of the molecule is CC(C)CC(N)C1CCC(F)(F)C1. The van der Waals surface area contributed by atoms with Gasteiger partial charge in [-0.2, -0.15) is 0 Å². The number of hydrogen-bond donors (Lipinski definition) is 1. The lowest BCUT2D eigenvalue weighted by molar-refractivity contribution is 0.00363. The van der Waals surface area contributed by atoms with E-state index in [0.717, 1.165) is 6.42 Å². The standard InChI is InChI=1S/C10H19F2N/c1-7(2)5-9(13)8-3-4-10(11,12)6-8/h7-9H,3-6,13H2,1-2H3. The molecule has 78 valence electrons. The Labute approximate surface area is 78.7 Å². The Kier molecular flexibility index (Phi) is 3.28. The van der Waals surface area contributed by atoms with E-state index in [2.05, 4.69) is 13.8 Å². The average Bonchev–Trinajstić information content (AvgIpc) is 2.28. The fourth-order valence-corrected chi connectivity index (χ4v) is 2.09. The zero-order valence-electron chi connectivity index (χ0n) is 8.39. The maximum Gasteiger partial charge on any atom is 0.248 e. The maximum atomic E-state index is 12.8. The Balaban J connectivity index is 2.37. The van der Waals surface area contributed by atoms with Gasteiger partial charge < -0.3 is 5.73 Å². The fraction of sp³-hybridized carbons (Fsp3) is 1.00. The number of hydrogen-bond acceptors (Lipinski definition) is 1. The third-order valence-corrected chi connectivity index (χ3v) is 2.79. The minimum absolute atomic E-state index is 0.000880. The molecule has 0 bridgehead atoms. The van der Waals surface area contributed by atoms with Crippen LogP contribution in [-0.4, -0.2) is 12.0 Å². The molecule has 0 saturated heterocycles. The number of alkyl halides is 2. The van der Waals surface area contributed by atoms with Crippen LogP contribution in [0.5, 0.6) is 0 Å². The second-order valence-corrected chi connectivity index (χ2v) is 4.65. The first-order chi connectivity index (χ1) is 5.91. The van der Waals surface area contributed by atoms with E-state index >= 15 is 0 Å². The van der Waals surface area contributed by atoms with Gasteiger partial charge in [0.15, 0.2) is 0 Å². The summed E-state index contributed by atoms with van der Waals surface area (Å²) < 4.78 is 25.7. The third kappa shape index (κ3) is 3.22. The average molecular weight is 191 g/mol. The number of halogens is 2. The highest BCUT2D eigenvalue weighted by Crippen LogP contribution is 2.40. The van der Waals surface area contributed by atoms with E-state index in [9.17, 15) is 8.78 Å². The highest BCUT2D eigenvalue weighted by Gasteiger charge is 2.41. The molecular weight excluding hydrogens is 172 g/mol. The smallest absolute Gasteiger partial charge is 0.248 e. The van der Waals surface area contributed by atoms with Crippen molar-refractivity contribution >= 4 is 0 Å². The molecule has 1 fully saturated rings. The largest absolute Gasteiger partial charge is 0.327 e. The molecule has 0 amide bonds. The summed E-state index contributed by atoms with van der Waals surface area (Å²) in [6, 6.07) is -0.0339. The molecule has 2 N–H and O–H groups in total. The summed E-state index contributed by atoms with van der Waals surface area (Å²) in [6.45, 7) is 4.15. The van der Waals surface area contributed by atoms with E-state index in [4.69, 9.17) is 5.73 Å². The molecule has 0 heterocycles. The number of rotatable bonds is 3. The van der Waals surface area contributed by atoms with Gasteiger partial charge in [-0.1, -0.05) is 13.8 Å². The highest BCUT2D eigenvalue weighted by atomic mass is 19.3. The van der Waals surface area contributed by atoms with Gasteiger partial charge in [-0.25, -0.2) is 8.78 Å². The summed E-state index contributed by atoms with van der Waals surface area (Å²) in [5, 5.41) is 0. The van der Waals surface area contributed by atoms with Gasteiger partial charge in [0.05, 0.1) is 0 Å². The van der Waals surface area contributed by atoms with E-state index in [0.29, 0.717) is 12.3 Å². The van der Waals surface area contributed by atoms with Crippen LogP contribution in [0.25, 0.3) is 0 Å². The molecule has 0 spiro atoms. The van der Waals surface area contributed by atoms with Crippen molar-refractivity contribution in [3.05, 3.63) is 0 Å². The molecule has 1 aliphatic carbocycles. The van der Waals surface area contributed by atoms with Crippen molar-refractivity contribution in [3.8, 4) is 0 Å². The van der Waals surface area contributed by atoms with Crippen LogP contribution in [0.3, 0.4) is 0 Å². The van der Waals surface area contributed by atoms with E-state index in [-0.39, 0.29) is 24.8 Å². The molecule has 2 unspecified atom stereocenters. The molecule has 1 aliphatic rings. The zero-order chi connectivity index (χ0) is 10.1. The Hall–Kier alpha value is -0.180. The predicted molar refractivity (Wildman–Crippen MR) is 49.7 cm³/mol. The molecule has 2 atom stereocenters. The van der Waals surface area contributed by atoms with Crippen molar-refractivity contribution in [1.29, 1.82) is 0 Å². The lowest BCUT2D eigenvalue weighted by atomic mass is 9.91. The van der Waals surface area contributed by atoms with Crippen LogP contribution < -0.4 is 5.73 Å². The minimum atomic E-state index is -2.45. The van der Waals surface area contributed by atoms with Crippen LogP contribution in [0, 0.1) is 11.8 Å². The van der Waals surface area contributed by atoms with Gasteiger partial charge in [-0.05, 0) is 24.7 Å². The monoisotopic (exact) mass is 191 g/mol. The first kappa shape index (κ1) is 10.9. The molecule has 0 radical (unpaired) electrons. The van der Waals surface area contributed by atoms with Gasteiger partial charge in [0, 0.05) is 18.9 Å². The lowest BCUT2D eigenvalue weighted by Gasteiger charge is -2.20. The first-order valence-electron chi connectivity index (χ1n) is 5.04. The van der Waals surface area contributed by atoms with Crippen LogP contribution >= 0.6 is 0 Å². The highest BCUT2D eigenvalue weighted by molar-refractivity contribution is 4.87. The summed E-state index contributed by atoms with van der Waals surface area (Å²) in [7, 11) is 0. The summed E-state index contributed by atoms with van der Waals surface area (Å²) in [4.78, 5) is 0. The second-order valence-electron chi connectivity index (χ2n) is 4.65. The maximum absolute atomic E-state index is 12.8. The molecule has 0 aromatic rings. The Morgan fingerprint density at radius 1 is 1.46 bits per heavy atom. The first-order valence-corrected chi connectivity index (χ1v) is 5.04. The van der Waals surface area contributed by atoms with Crippen molar-refractivity contribution in [2.75, 3.05) is 0 Å². The zero-order valence-corrected chi connectivity index (χ0v) is 8.39. The van der Waals surface area contributed by atoms with Crippen LogP contribution in [0.2, 0.25) is 0 Å². The Bertz CT molecular complexity index is 168. The van der Waals surface area contributed by atoms with Crippen LogP contribution in [0.15, 0.2) is 0 Å². The van der Waals surface area contributed by atoms with Gasteiger partial charge in [-0.3, -0.25) is 0 Å². The van der Waals surface area contributed by atoms with E-state index in [1.165, 1.54) is 0 Å². The molecule has 0 aliphatic heterocycles. The molecular formula is C10H19F2N. The van der Waals surface area contributed by atoms with Crippen molar-refractivity contribution in [2.24, 2.45) is 17.6 Å². The molecule has 3 heteroatoms.